The van der Waals surface area contributed by atoms with Crippen LogP contribution in [0, 0.1) is 23.7 Å². The van der Waals surface area contributed by atoms with E-state index in [9.17, 15) is 0 Å². The molecule has 2 heteroatoms. The van der Waals surface area contributed by atoms with Crippen molar-refractivity contribution in [1.82, 2.24) is 5.32 Å². The highest BCUT2D eigenvalue weighted by Crippen LogP contribution is 2.58. The van der Waals surface area contributed by atoms with E-state index in [-0.39, 0.29) is 12.6 Å². The topological polar surface area (TPSA) is 32.3 Å². The zero-order chi connectivity index (χ0) is 10.4. The van der Waals surface area contributed by atoms with Crippen LogP contribution in [0.1, 0.15) is 39.0 Å². The second kappa shape index (κ2) is 3.74. The molecule has 6 atom stereocenters. The molecular formula is C13H23NO. The van der Waals surface area contributed by atoms with Crippen LogP contribution in [0.25, 0.3) is 0 Å². The fraction of sp³-hybridized carbons (Fsp3) is 1.00. The number of hydrogen-bond donors (Lipinski definition) is 2. The van der Waals surface area contributed by atoms with Gasteiger partial charge in [0.2, 0.25) is 0 Å². The largest absolute Gasteiger partial charge is 0.395 e. The Labute approximate surface area is 92.4 Å². The Morgan fingerprint density at radius 3 is 2.80 bits per heavy atom. The van der Waals surface area contributed by atoms with Gasteiger partial charge in [0.15, 0.2) is 0 Å². The van der Waals surface area contributed by atoms with Crippen LogP contribution in [0.2, 0.25) is 0 Å². The number of nitrogens with one attached hydrogen (secondary N) is 1. The predicted molar refractivity (Wildman–Crippen MR) is 60.5 cm³/mol. The number of fused-ring (bicyclic) bond motifs is 5. The highest BCUT2D eigenvalue weighted by molar-refractivity contribution is 5.05. The molecule has 2 nitrogen and oxygen atoms in total. The van der Waals surface area contributed by atoms with E-state index in [1.54, 1.807) is 0 Å². The van der Waals surface area contributed by atoms with Crippen molar-refractivity contribution in [2.24, 2.45) is 23.7 Å². The van der Waals surface area contributed by atoms with Crippen molar-refractivity contribution in [3.8, 4) is 0 Å². The fourth-order valence-electron chi connectivity index (χ4n) is 4.68. The Morgan fingerprint density at radius 2 is 2.00 bits per heavy atom. The molecule has 3 aliphatic carbocycles. The third-order valence-electron chi connectivity index (χ3n) is 5.20. The van der Waals surface area contributed by atoms with Crippen molar-refractivity contribution in [3.63, 3.8) is 0 Å². The van der Waals surface area contributed by atoms with Crippen LogP contribution in [0.5, 0.6) is 0 Å². The lowest BCUT2D eigenvalue weighted by atomic mass is 9.79. The van der Waals surface area contributed by atoms with Gasteiger partial charge in [0.25, 0.3) is 0 Å². The third kappa shape index (κ3) is 1.53. The zero-order valence-electron chi connectivity index (χ0n) is 9.65. The second-order valence-corrected chi connectivity index (χ2v) is 6.01. The van der Waals surface area contributed by atoms with E-state index in [4.69, 9.17) is 5.11 Å². The first-order valence-corrected chi connectivity index (χ1v) is 6.66. The third-order valence-corrected chi connectivity index (χ3v) is 5.20. The first kappa shape index (κ1) is 10.1. The first-order valence-electron chi connectivity index (χ1n) is 6.66. The summed E-state index contributed by atoms with van der Waals surface area (Å²) in [5.41, 5.74) is 0. The van der Waals surface area contributed by atoms with Crippen molar-refractivity contribution in [3.05, 3.63) is 0 Å². The normalized spacial score (nSPS) is 49.6. The van der Waals surface area contributed by atoms with Crippen LogP contribution in [-0.2, 0) is 0 Å². The van der Waals surface area contributed by atoms with Gasteiger partial charge in [-0.25, -0.2) is 0 Å². The minimum Gasteiger partial charge on any atom is -0.395 e. The second-order valence-electron chi connectivity index (χ2n) is 6.01. The van der Waals surface area contributed by atoms with Gasteiger partial charge >= 0.3 is 0 Å². The summed E-state index contributed by atoms with van der Waals surface area (Å²) < 4.78 is 0. The summed E-state index contributed by atoms with van der Waals surface area (Å²) in [4.78, 5) is 0. The van der Waals surface area contributed by atoms with E-state index in [0.717, 1.165) is 29.7 Å². The van der Waals surface area contributed by atoms with Crippen molar-refractivity contribution in [1.29, 1.82) is 0 Å². The highest BCUT2D eigenvalue weighted by Gasteiger charge is 2.53. The maximum Gasteiger partial charge on any atom is 0.0582 e. The van der Waals surface area contributed by atoms with E-state index in [2.05, 4.69) is 12.2 Å². The van der Waals surface area contributed by atoms with Crippen molar-refractivity contribution in [2.45, 2.75) is 51.1 Å². The molecular weight excluding hydrogens is 186 g/mol. The fourth-order valence-corrected chi connectivity index (χ4v) is 4.68. The Balaban J connectivity index is 1.65. The molecule has 15 heavy (non-hydrogen) atoms. The van der Waals surface area contributed by atoms with Gasteiger partial charge in [-0.05, 0) is 56.3 Å². The van der Waals surface area contributed by atoms with Crippen LogP contribution in [0.15, 0.2) is 0 Å². The molecule has 3 saturated carbocycles. The Bertz CT molecular complexity index is 243. The molecule has 0 amide bonds. The monoisotopic (exact) mass is 209 g/mol. The molecule has 0 heterocycles. The van der Waals surface area contributed by atoms with Gasteiger partial charge in [-0.1, -0.05) is 6.42 Å². The summed E-state index contributed by atoms with van der Waals surface area (Å²) in [7, 11) is 0. The molecule has 2 N–H and O–H groups in total. The molecule has 0 spiro atoms. The van der Waals surface area contributed by atoms with E-state index in [1.165, 1.54) is 32.1 Å². The Kier molecular flexibility index (Phi) is 2.52. The average molecular weight is 209 g/mol. The van der Waals surface area contributed by atoms with Gasteiger partial charge < -0.3 is 10.4 Å². The first-order chi connectivity index (χ1) is 7.29. The van der Waals surface area contributed by atoms with Crippen molar-refractivity contribution in [2.75, 3.05) is 6.61 Å². The van der Waals surface area contributed by atoms with E-state index < -0.39 is 0 Å². The number of aliphatic hydroxyl groups excluding tert-OH is 1. The predicted octanol–water partition coefficient (Wildman–Crippen LogP) is 1.78. The lowest BCUT2D eigenvalue weighted by molar-refractivity contribution is 0.176. The minimum absolute atomic E-state index is 0.280. The molecule has 3 fully saturated rings. The minimum atomic E-state index is 0.280. The maximum atomic E-state index is 9.09. The average Bonchev–Trinajstić information content (AvgIpc) is 2.87. The van der Waals surface area contributed by atoms with E-state index in [1.807, 2.05) is 0 Å². The van der Waals surface area contributed by atoms with Crippen molar-refractivity contribution < 1.29 is 5.11 Å². The molecule has 3 aliphatic rings. The Morgan fingerprint density at radius 1 is 1.20 bits per heavy atom. The van der Waals surface area contributed by atoms with Crippen LogP contribution in [0.4, 0.5) is 0 Å². The summed E-state index contributed by atoms with van der Waals surface area (Å²) in [6.45, 7) is 2.38. The summed E-state index contributed by atoms with van der Waals surface area (Å²) in [5, 5.41) is 12.7. The quantitative estimate of drug-likeness (QED) is 0.742. The number of aliphatic hydroxyl groups is 1. The highest BCUT2D eigenvalue weighted by atomic mass is 16.3. The molecule has 0 unspecified atom stereocenters. The molecule has 0 aromatic carbocycles. The van der Waals surface area contributed by atoms with Gasteiger partial charge in [-0.3, -0.25) is 0 Å². The molecule has 0 saturated heterocycles. The van der Waals surface area contributed by atoms with Crippen LogP contribution >= 0.6 is 0 Å². The number of rotatable bonds is 3. The lowest BCUT2D eigenvalue weighted by Gasteiger charge is -2.33. The smallest absolute Gasteiger partial charge is 0.0582 e. The lowest BCUT2D eigenvalue weighted by Crippen LogP contribution is -2.44. The number of hydrogen-bond acceptors (Lipinski definition) is 2. The Hall–Kier alpha value is -0.0800. The van der Waals surface area contributed by atoms with Gasteiger partial charge in [-0.2, -0.15) is 0 Å². The molecule has 0 aliphatic heterocycles. The molecule has 0 aromatic rings. The molecule has 2 bridgehead atoms. The summed E-state index contributed by atoms with van der Waals surface area (Å²) in [6.07, 6.45) is 7.33. The molecule has 0 aromatic heterocycles. The van der Waals surface area contributed by atoms with Gasteiger partial charge in [0.1, 0.15) is 0 Å². The maximum absolute atomic E-state index is 9.09. The van der Waals surface area contributed by atoms with E-state index in [0.29, 0.717) is 0 Å². The molecule has 3 rings (SSSR count). The van der Waals surface area contributed by atoms with Crippen LogP contribution in [0.3, 0.4) is 0 Å². The summed E-state index contributed by atoms with van der Waals surface area (Å²) in [6, 6.07) is 1.01. The standard InChI is InChI=1S/C13H23NO/c1-8(7-15)14-13-6-9-5-12(13)11-4-2-3-10(9)11/h8-15H,2-7H2,1H3/t8-,9-,10+,11-,12+,13+/m0/s1. The summed E-state index contributed by atoms with van der Waals surface area (Å²) >= 11 is 0. The van der Waals surface area contributed by atoms with E-state index >= 15 is 0 Å². The SMILES string of the molecule is C[C@@H](CO)N[C@@H]1C[C@@H]2C[C@@H]1[C@H]1CCC[C@H]21. The zero-order valence-corrected chi connectivity index (χ0v) is 9.65. The van der Waals surface area contributed by atoms with Crippen LogP contribution < -0.4 is 5.32 Å². The van der Waals surface area contributed by atoms with Gasteiger partial charge in [0.05, 0.1) is 6.61 Å². The van der Waals surface area contributed by atoms with Crippen LogP contribution in [-0.4, -0.2) is 23.8 Å². The molecule has 86 valence electrons. The molecule has 0 radical (unpaired) electrons. The van der Waals surface area contributed by atoms with Gasteiger partial charge in [-0.15, -0.1) is 0 Å². The van der Waals surface area contributed by atoms with Crippen molar-refractivity contribution >= 4 is 0 Å². The van der Waals surface area contributed by atoms with Gasteiger partial charge in [0, 0.05) is 12.1 Å². The summed E-state index contributed by atoms with van der Waals surface area (Å²) in [5.74, 6) is 4.08.